The smallest absolute Gasteiger partial charge is 0.357 e. The molecule has 0 radical (unpaired) electrons. The molecule has 1 aromatic heterocycles. The van der Waals surface area contributed by atoms with Crippen molar-refractivity contribution in [2.24, 2.45) is 0 Å². The van der Waals surface area contributed by atoms with E-state index in [4.69, 9.17) is 9.47 Å². The molecule has 2 rings (SSSR count). The van der Waals surface area contributed by atoms with Crippen LogP contribution in [0.5, 0.6) is 5.75 Å². The Bertz CT molecular complexity index is 625. The van der Waals surface area contributed by atoms with Gasteiger partial charge in [-0.05, 0) is 30.5 Å². The van der Waals surface area contributed by atoms with Crippen LogP contribution in [0.1, 0.15) is 68.1 Å². The second kappa shape index (κ2) is 10.5. The fourth-order valence-corrected chi connectivity index (χ4v) is 2.55. The van der Waals surface area contributed by atoms with E-state index in [1.165, 1.54) is 19.3 Å². The summed E-state index contributed by atoms with van der Waals surface area (Å²) in [6.07, 6.45) is 6.69. The fourth-order valence-electron chi connectivity index (χ4n) is 2.55. The summed E-state index contributed by atoms with van der Waals surface area (Å²) >= 11 is 0. The van der Waals surface area contributed by atoms with Gasteiger partial charge in [0.2, 0.25) is 0 Å². The molecule has 0 fully saturated rings. The van der Waals surface area contributed by atoms with Crippen LogP contribution in [0, 0.1) is 0 Å². The van der Waals surface area contributed by atoms with Crippen LogP contribution in [-0.2, 0) is 4.74 Å². The molecule has 0 saturated heterocycles. The molecular weight excluding hydrogens is 314 g/mol. The van der Waals surface area contributed by atoms with Crippen molar-refractivity contribution < 1.29 is 14.3 Å². The van der Waals surface area contributed by atoms with Crippen molar-refractivity contribution in [2.45, 2.75) is 52.1 Å². The molecule has 0 aliphatic rings. The lowest BCUT2D eigenvalue weighted by atomic mass is 10.1. The van der Waals surface area contributed by atoms with Crippen LogP contribution >= 0.6 is 0 Å². The molecule has 0 aliphatic carbocycles. The van der Waals surface area contributed by atoms with Crippen molar-refractivity contribution in [3.63, 3.8) is 0 Å². The summed E-state index contributed by atoms with van der Waals surface area (Å²) in [5, 5.41) is 0. The predicted molar refractivity (Wildman–Crippen MR) is 98.8 cm³/mol. The number of unbranched alkanes of at least 4 members (excludes halogenated alkanes) is 3. The van der Waals surface area contributed by atoms with Gasteiger partial charge in [0.15, 0.2) is 0 Å². The van der Waals surface area contributed by atoms with Gasteiger partial charge in [0.25, 0.3) is 0 Å². The molecule has 4 nitrogen and oxygen atoms in total. The molecule has 1 atom stereocenters. The van der Waals surface area contributed by atoms with E-state index in [9.17, 15) is 4.79 Å². The number of ether oxygens (including phenoxy) is 2. The molecule has 0 aliphatic heterocycles. The highest BCUT2D eigenvalue weighted by Crippen LogP contribution is 2.22. The van der Waals surface area contributed by atoms with E-state index >= 15 is 0 Å². The molecule has 4 heteroatoms. The van der Waals surface area contributed by atoms with Gasteiger partial charge in [-0.1, -0.05) is 63.4 Å². The Kier molecular flexibility index (Phi) is 7.96. The fraction of sp³-hybridized carbons (Fsp3) is 0.429. The number of pyridine rings is 1. The molecule has 0 spiro atoms. The van der Waals surface area contributed by atoms with E-state index in [1.807, 2.05) is 37.3 Å². The molecular formula is C21H27NO3. The average molecular weight is 341 g/mol. The van der Waals surface area contributed by atoms with Gasteiger partial charge in [0.1, 0.15) is 17.5 Å². The number of carbonyl (C=O) groups is 1. The minimum absolute atomic E-state index is 0.259. The van der Waals surface area contributed by atoms with Crippen LogP contribution < -0.4 is 4.74 Å². The molecule has 0 saturated carbocycles. The van der Waals surface area contributed by atoms with Gasteiger partial charge in [-0.25, -0.2) is 9.78 Å². The highest BCUT2D eigenvalue weighted by atomic mass is 16.5. The summed E-state index contributed by atoms with van der Waals surface area (Å²) in [5.41, 5.74) is 1.29. The van der Waals surface area contributed by atoms with Crippen LogP contribution in [0.3, 0.4) is 0 Å². The predicted octanol–water partition coefficient (Wildman–Crippen LogP) is 5.35. The Morgan fingerprint density at radius 2 is 1.84 bits per heavy atom. The number of hydrogen-bond acceptors (Lipinski definition) is 4. The van der Waals surface area contributed by atoms with E-state index in [-0.39, 0.29) is 6.10 Å². The highest BCUT2D eigenvalue weighted by molar-refractivity contribution is 5.87. The van der Waals surface area contributed by atoms with Crippen molar-refractivity contribution in [3.05, 3.63) is 59.9 Å². The first-order valence-corrected chi connectivity index (χ1v) is 9.09. The lowest BCUT2D eigenvalue weighted by molar-refractivity contribution is 0.0281. The molecule has 0 N–H and O–H groups in total. The maximum Gasteiger partial charge on any atom is 0.357 e. The number of esters is 1. The third-order valence-electron chi connectivity index (χ3n) is 4.00. The lowest BCUT2D eigenvalue weighted by Gasteiger charge is -2.16. The van der Waals surface area contributed by atoms with Gasteiger partial charge in [0.05, 0.1) is 12.8 Å². The summed E-state index contributed by atoms with van der Waals surface area (Å²) in [7, 11) is 0. The van der Waals surface area contributed by atoms with Gasteiger partial charge >= 0.3 is 5.97 Å². The lowest BCUT2D eigenvalue weighted by Crippen LogP contribution is -2.12. The van der Waals surface area contributed by atoms with Crippen molar-refractivity contribution in [1.82, 2.24) is 4.98 Å². The zero-order valence-electron chi connectivity index (χ0n) is 15.1. The van der Waals surface area contributed by atoms with Crippen molar-refractivity contribution in [3.8, 4) is 5.75 Å². The Balaban J connectivity index is 1.87. The highest BCUT2D eigenvalue weighted by Gasteiger charge is 2.17. The number of carbonyl (C=O) groups excluding carboxylic acids is 1. The zero-order chi connectivity index (χ0) is 17.9. The second-order valence-electron chi connectivity index (χ2n) is 6.00. The van der Waals surface area contributed by atoms with E-state index in [2.05, 4.69) is 11.9 Å². The molecule has 2 aromatic rings. The Morgan fingerprint density at radius 1 is 1.04 bits per heavy atom. The van der Waals surface area contributed by atoms with E-state index in [0.29, 0.717) is 24.5 Å². The van der Waals surface area contributed by atoms with Gasteiger partial charge in [-0.2, -0.15) is 0 Å². The first kappa shape index (κ1) is 19.0. The summed E-state index contributed by atoms with van der Waals surface area (Å²) in [6, 6.07) is 13.2. The standard InChI is InChI=1S/C21H27NO3/c1-3-5-6-10-15-24-18-13-14-19(22-16-18)21(23)25-20(4-2)17-11-8-7-9-12-17/h7-9,11-14,16,20H,3-6,10,15H2,1-2H3. The normalized spacial score (nSPS) is 11.8. The maximum absolute atomic E-state index is 12.3. The van der Waals surface area contributed by atoms with Crippen LogP contribution in [0.15, 0.2) is 48.7 Å². The third-order valence-corrected chi connectivity index (χ3v) is 4.00. The molecule has 0 amide bonds. The number of hydrogen-bond donors (Lipinski definition) is 0. The van der Waals surface area contributed by atoms with E-state index < -0.39 is 5.97 Å². The molecule has 134 valence electrons. The van der Waals surface area contributed by atoms with Crippen molar-refractivity contribution >= 4 is 5.97 Å². The average Bonchev–Trinajstić information content (AvgIpc) is 2.67. The van der Waals surface area contributed by atoms with Crippen LogP contribution in [0.25, 0.3) is 0 Å². The topological polar surface area (TPSA) is 48.4 Å². The first-order valence-electron chi connectivity index (χ1n) is 9.09. The molecule has 1 heterocycles. The molecule has 1 unspecified atom stereocenters. The zero-order valence-corrected chi connectivity index (χ0v) is 15.1. The summed E-state index contributed by atoms with van der Waals surface area (Å²) in [4.78, 5) is 16.5. The molecule has 25 heavy (non-hydrogen) atoms. The summed E-state index contributed by atoms with van der Waals surface area (Å²) in [6.45, 7) is 4.86. The quantitative estimate of drug-likeness (QED) is 0.432. The van der Waals surface area contributed by atoms with Crippen LogP contribution in [-0.4, -0.2) is 17.6 Å². The van der Waals surface area contributed by atoms with Crippen LogP contribution in [0.2, 0.25) is 0 Å². The number of aromatic nitrogens is 1. The number of rotatable bonds is 10. The minimum Gasteiger partial charge on any atom is -0.492 e. The first-order chi connectivity index (χ1) is 12.2. The molecule has 1 aromatic carbocycles. The van der Waals surface area contributed by atoms with E-state index in [0.717, 1.165) is 12.0 Å². The van der Waals surface area contributed by atoms with E-state index in [1.54, 1.807) is 18.3 Å². The molecule has 0 bridgehead atoms. The number of nitrogens with zero attached hydrogens (tertiary/aromatic N) is 1. The SMILES string of the molecule is CCCCCCOc1ccc(C(=O)OC(CC)c2ccccc2)nc1. The Morgan fingerprint density at radius 3 is 2.48 bits per heavy atom. The summed E-state index contributed by atoms with van der Waals surface area (Å²) in [5.74, 6) is 0.272. The number of benzene rings is 1. The van der Waals surface area contributed by atoms with Gasteiger partial charge in [-0.15, -0.1) is 0 Å². The second-order valence-corrected chi connectivity index (χ2v) is 6.00. The largest absolute Gasteiger partial charge is 0.492 e. The summed E-state index contributed by atoms with van der Waals surface area (Å²) < 4.78 is 11.2. The Labute approximate surface area is 150 Å². The Hall–Kier alpha value is -2.36. The van der Waals surface area contributed by atoms with Gasteiger partial charge in [0, 0.05) is 0 Å². The maximum atomic E-state index is 12.3. The van der Waals surface area contributed by atoms with Crippen LogP contribution in [0.4, 0.5) is 0 Å². The van der Waals surface area contributed by atoms with Gasteiger partial charge in [-0.3, -0.25) is 0 Å². The third kappa shape index (κ3) is 6.22. The van der Waals surface area contributed by atoms with Crippen molar-refractivity contribution in [1.29, 1.82) is 0 Å². The van der Waals surface area contributed by atoms with Gasteiger partial charge < -0.3 is 9.47 Å². The minimum atomic E-state index is -0.412. The monoisotopic (exact) mass is 341 g/mol. The van der Waals surface area contributed by atoms with Crippen molar-refractivity contribution in [2.75, 3.05) is 6.61 Å².